The number of thiazole rings is 1. The zero-order valence-corrected chi connectivity index (χ0v) is 13.9. The van der Waals surface area contributed by atoms with Crippen LogP contribution >= 0.6 is 11.3 Å². The van der Waals surface area contributed by atoms with Crippen LogP contribution in [0, 0.1) is 0 Å². The lowest BCUT2D eigenvalue weighted by atomic mass is 10.1. The molecule has 3 rings (SSSR count). The maximum Gasteiger partial charge on any atom is 0.169 e. The Morgan fingerprint density at radius 2 is 2.29 bits per heavy atom. The Balaban J connectivity index is 1.86. The molecule has 1 aliphatic rings. The summed E-state index contributed by atoms with van der Waals surface area (Å²) >= 11 is 1.71. The summed E-state index contributed by atoms with van der Waals surface area (Å²) in [5, 5.41) is 3.22. The minimum Gasteiger partial charge on any atom is -0.325 e. The van der Waals surface area contributed by atoms with Crippen molar-refractivity contribution in [2.75, 3.05) is 19.6 Å². The summed E-state index contributed by atoms with van der Waals surface area (Å²) in [6.45, 7) is 10.1. The molecule has 1 unspecified atom stereocenters. The fraction of sp³-hybridized carbons (Fsp3) is 0.625. The summed E-state index contributed by atoms with van der Waals surface area (Å²) in [6, 6.07) is 0.530. The predicted molar refractivity (Wildman–Crippen MR) is 87.8 cm³/mol. The average molecular weight is 304 g/mol. The van der Waals surface area contributed by atoms with Gasteiger partial charge in [0.2, 0.25) is 0 Å². The number of hydrogen-bond acceptors (Lipinski definition) is 4. The quantitative estimate of drug-likeness (QED) is 0.862. The van der Waals surface area contributed by atoms with Gasteiger partial charge in [0.05, 0.1) is 5.69 Å². The van der Waals surface area contributed by atoms with Crippen molar-refractivity contribution in [1.82, 2.24) is 19.4 Å². The molecule has 0 amide bonds. The standard InChI is InChI=1S/C16H24N4S/c1-4-19-8-5-6-13(10-19)20-9-7-17-15(20)16-18-14(11-21-16)12(2)3/h7,9,11-13H,4-6,8,10H2,1-3H3. The second kappa shape index (κ2) is 6.28. The highest BCUT2D eigenvalue weighted by Gasteiger charge is 2.23. The van der Waals surface area contributed by atoms with Crippen molar-refractivity contribution in [1.29, 1.82) is 0 Å². The second-order valence-corrected chi connectivity index (χ2v) is 6.94. The highest BCUT2D eigenvalue weighted by molar-refractivity contribution is 7.13. The van der Waals surface area contributed by atoms with E-state index in [1.807, 2.05) is 6.20 Å². The number of rotatable bonds is 4. The number of piperidine rings is 1. The SMILES string of the molecule is CCN1CCCC(n2ccnc2-c2nc(C(C)C)cs2)C1. The van der Waals surface area contributed by atoms with Crippen LogP contribution in [0.3, 0.4) is 0 Å². The summed E-state index contributed by atoms with van der Waals surface area (Å²) in [5.74, 6) is 1.51. The normalized spacial score (nSPS) is 20.3. The van der Waals surface area contributed by atoms with Gasteiger partial charge >= 0.3 is 0 Å². The van der Waals surface area contributed by atoms with Gasteiger partial charge in [0.15, 0.2) is 10.8 Å². The molecule has 1 aliphatic heterocycles. The number of likely N-dealkylation sites (tertiary alicyclic amines) is 1. The van der Waals surface area contributed by atoms with Crippen molar-refractivity contribution >= 4 is 11.3 Å². The lowest BCUT2D eigenvalue weighted by Crippen LogP contribution is -2.36. The van der Waals surface area contributed by atoms with Crippen LogP contribution in [0.15, 0.2) is 17.8 Å². The molecule has 0 spiro atoms. The van der Waals surface area contributed by atoms with Gasteiger partial charge in [-0.2, -0.15) is 0 Å². The third-order valence-corrected chi connectivity index (χ3v) is 5.15. The Hall–Kier alpha value is -1.20. The van der Waals surface area contributed by atoms with E-state index >= 15 is 0 Å². The Morgan fingerprint density at radius 1 is 1.43 bits per heavy atom. The number of hydrogen-bond donors (Lipinski definition) is 0. The van der Waals surface area contributed by atoms with Crippen LogP contribution in [-0.4, -0.2) is 39.1 Å². The summed E-state index contributed by atoms with van der Waals surface area (Å²) in [6.07, 6.45) is 6.54. The fourth-order valence-electron chi connectivity index (χ4n) is 2.97. The smallest absolute Gasteiger partial charge is 0.169 e. The topological polar surface area (TPSA) is 34.0 Å². The molecule has 0 bridgehead atoms. The van der Waals surface area contributed by atoms with E-state index in [0.29, 0.717) is 12.0 Å². The molecule has 3 heterocycles. The molecule has 4 nitrogen and oxygen atoms in total. The highest BCUT2D eigenvalue weighted by Crippen LogP contribution is 2.30. The first-order chi connectivity index (χ1) is 10.2. The number of likely N-dealkylation sites (N-methyl/N-ethyl adjacent to an activating group) is 1. The average Bonchev–Trinajstić information content (AvgIpc) is 3.15. The van der Waals surface area contributed by atoms with E-state index in [-0.39, 0.29) is 0 Å². The largest absolute Gasteiger partial charge is 0.325 e. The monoisotopic (exact) mass is 304 g/mol. The van der Waals surface area contributed by atoms with Crippen LogP contribution in [-0.2, 0) is 0 Å². The Bertz CT molecular complexity index is 587. The summed E-state index contributed by atoms with van der Waals surface area (Å²) in [4.78, 5) is 11.9. The zero-order valence-electron chi connectivity index (χ0n) is 13.1. The number of imidazole rings is 1. The predicted octanol–water partition coefficient (Wildman–Crippen LogP) is 3.79. The molecule has 0 aromatic carbocycles. The van der Waals surface area contributed by atoms with Gasteiger partial charge < -0.3 is 9.47 Å². The first-order valence-electron chi connectivity index (χ1n) is 7.90. The summed E-state index contributed by atoms with van der Waals surface area (Å²) in [7, 11) is 0. The second-order valence-electron chi connectivity index (χ2n) is 6.08. The fourth-order valence-corrected chi connectivity index (χ4v) is 3.95. The van der Waals surface area contributed by atoms with Crippen molar-refractivity contribution < 1.29 is 0 Å². The van der Waals surface area contributed by atoms with E-state index in [2.05, 4.69) is 46.8 Å². The highest BCUT2D eigenvalue weighted by atomic mass is 32.1. The molecule has 1 saturated heterocycles. The van der Waals surface area contributed by atoms with E-state index in [9.17, 15) is 0 Å². The Labute approximate surface area is 130 Å². The molecule has 21 heavy (non-hydrogen) atoms. The van der Waals surface area contributed by atoms with Gasteiger partial charge in [-0.05, 0) is 31.8 Å². The number of aromatic nitrogens is 3. The first-order valence-corrected chi connectivity index (χ1v) is 8.78. The van der Waals surface area contributed by atoms with E-state index in [1.54, 1.807) is 11.3 Å². The molecular formula is C16H24N4S. The molecule has 0 N–H and O–H groups in total. The lowest BCUT2D eigenvalue weighted by molar-refractivity contribution is 0.186. The Morgan fingerprint density at radius 3 is 3.00 bits per heavy atom. The molecule has 1 fully saturated rings. The van der Waals surface area contributed by atoms with Crippen LogP contribution in [0.1, 0.15) is 51.3 Å². The van der Waals surface area contributed by atoms with E-state index in [4.69, 9.17) is 4.98 Å². The summed E-state index contributed by atoms with van der Waals surface area (Å²) in [5.41, 5.74) is 1.17. The van der Waals surface area contributed by atoms with Crippen molar-refractivity contribution in [3.63, 3.8) is 0 Å². The maximum absolute atomic E-state index is 4.77. The van der Waals surface area contributed by atoms with Gasteiger partial charge in [-0.15, -0.1) is 11.3 Å². The van der Waals surface area contributed by atoms with Gasteiger partial charge in [0.1, 0.15) is 0 Å². The Kier molecular flexibility index (Phi) is 4.40. The van der Waals surface area contributed by atoms with Crippen molar-refractivity contribution in [3.8, 4) is 10.8 Å². The van der Waals surface area contributed by atoms with Gasteiger partial charge in [-0.3, -0.25) is 0 Å². The van der Waals surface area contributed by atoms with Crippen LogP contribution < -0.4 is 0 Å². The molecule has 0 radical (unpaired) electrons. The van der Waals surface area contributed by atoms with Crippen LogP contribution in [0.2, 0.25) is 0 Å². The minimum absolute atomic E-state index is 0.476. The molecule has 0 saturated carbocycles. The van der Waals surface area contributed by atoms with E-state index in [0.717, 1.165) is 23.9 Å². The third kappa shape index (κ3) is 3.04. The third-order valence-electron chi connectivity index (χ3n) is 4.29. The molecule has 2 aromatic rings. The van der Waals surface area contributed by atoms with Gasteiger partial charge in [0.25, 0.3) is 0 Å². The van der Waals surface area contributed by atoms with Crippen LogP contribution in [0.25, 0.3) is 10.8 Å². The minimum atomic E-state index is 0.476. The maximum atomic E-state index is 4.77. The van der Waals surface area contributed by atoms with E-state index in [1.165, 1.54) is 25.1 Å². The van der Waals surface area contributed by atoms with E-state index < -0.39 is 0 Å². The number of nitrogens with zero attached hydrogens (tertiary/aromatic N) is 4. The van der Waals surface area contributed by atoms with Gasteiger partial charge in [0, 0.05) is 30.4 Å². The molecule has 2 aromatic heterocycles. The first kappa shape index (κ1) is 14.7. The van der Waals surface area contributed by atoms with Gasteiger partial charge in [-0.1, -0.05) is 20.8 Å². The molecular weight excluding hydrogens is 280 g/mol. The van der Waals surface area contributed by atoms with Gasteiger partial charge in [-0.25, -0.2) is 9.97 Å². The zero-order chi connectivity index (χ0) is 14.8. The molecule has 1 atom stereocenters. The van der Waals surface area contributed by atoms with Crippen molar-refractivity contribution in [2.24, 2.45) is 0 Å². The lowest BCUT2D eigenvalue weighted by Gasteiger charge is -2.33. The molecule has 5 heteroatoms. The van der Waals surface area contributed by atoms with Crippen LogP contribution in [0.4, 0.5) is 0 Å². The molecule has 114 valence electrons. The van der Waals surface area contributed by atoms with Crippen molar-refractivity contribution in [3.05, 3.63) is 23.5 Å². The summed E-state index contributed by atoms with van der Waals surface area (Å²) < 4.78 is 2.34. The van der Waals surface area contributed by atoms with Crippen LogP contribution in [0.5, 0.6) is 0 Å². The molecule has 0 aliphatic carbocycles. The van der Waals surface area contributed by atoms with Crippen molar-refractivity contribution in [2.45, 2.75) is 45.6 Å².